The summed E-state index contributed by atoms with van der Waals surface area (Å²) in [5, 5.41) is 11.0. The van der Waals surface area contributed by atoms with Gasteiger partial charge in [-0.1, -0.05) is 34.6 Å². The molecule has 1 amide bonds. The predicted molar refractivity (Wildman–Crippen MR) is 91.1 cm³/mol. The number of carbonyl (C=O) groups excluding carboxylic acids is 1. The third-order valence-electron chi connectivity index (χ3n) is 3.87. The van der Waals surface area contributed by atoms with E-state index in [-0.39, 0.29) is 11.3 Å². The molecule has 0 aromatic carbocycles. The highest BCUT2D eigenvalue weighted by molar-refractivity contribution is 7.11. The van der Waals surface area contributed by atoms with Crippen LogP contribution in [-0.2, 0) is 11.2 Å². The Hall–Kier alpha value is -0.970. The Kier molecular flexibility index (Phi) is 5.59. The number of rotatable bonds is 4. The first-order valence-electron chi connectivity index (χ1n) is 8.34. The number of hydrogen-bond donors (Lipinski definition) is 0. The third kappa shape index (κ3) is 5.04. The summed E-state index contributed by atoms with van der Waals surface area (Å²) < 4.78 is 0. The van der Waals surface area contributed by atoms with E-state index in [0.717, 1.165) is 42.4 Å². The van der Waals surface area contributed by atoms with Gasteiger partial charge in [-0.2, -0.15) is 0 Å². The molecular weight excluding hydrogens is 294 g/mol. The first kappa shape index (κ1) is 17.4. The molecule has 0 bridgehead atoms. The summed E-state index contributed by atoms with van der Waals surface area (Å²) in [6, 6.07) is 0. The van der Waals surface area contributed by atoms with Gasteiger partial charge in [-0.15, -0.1) is 21.5 Å². The van der Waals surface area contributed by atoms with E-state index >= 15 is 0 Å². The van der Waals surface area contributed by atoms with E-state index < -0.39 is 0 Å². The Labute approximate surface area is 138 Å². The average Bonchev–Trinajstić information content (AvgIpc) is 2.84. The van der Waals surface area contributed by atoms with E-state index in [1.807, 2.05) is 4.90 Å². The molecule has 124 valence electrons. The summed E-state index contributed by atoms with van der Waals surface area (Å²) in [7, 11) is 0. The minimum atomic E-state index is 0.0528. The zero-order chi connectivity index (χ0) is 16.3. The predicted octanol–water partition coefficient (Wildman–Crippen LogP) is 3.88. The maximum absolute atomic E-state index is 12.4. The molecule has 22 heavy (non-hydrogen) atoms. The number of piperidine rings is 1. The molecule has 0 saturated carbocycles. The monoisotopic (exact) mass is 323 g/mol. The van der Waals surface area contributed by atoms with Crippen LogP contribution in [0, 0.1) is 11.3 Å². The fourth-order valence-corrected chi connectivity index (χ4v) is 4.01. The van der Waals surface area contributed by atoms with Crippen molar-refractivity contribution < 1.29 is 4.79 Å². The second-order valence-electron chi connectivity index (χ2n) is 8.05. The van der Waals surface area contributed by atoms with Crippen LogP contribution in [0.4, 0.5) is 0 Å². The second-order valence-corrected chi connectivity index (χ2v) is 9.14. The van der Waals surface area contributed by atoms with Crippen molar-refractivity contribution in [3.05, 3.63) is 10.0 Å². The zero-order valence-electron chi connectivity index (χ0n) is 14.6. The molecule has 2 heterocycles. The van der Waals surface area contributed by atoms with Crippen LogP contribution in [0.5, 0.6) is 0 Å². The van der Waals surface area contributed by atoms with E-state index in [1.165, 1.54) is 0 Å². The van der Waals surface area contributed by atoms with Gasteiger partial charge >= 0.3 is 0 Å². The first-order chi connectivity index (χ1) is 10.2. The largest absolute Gasteiger partial charge is 0.342 e. The van der Waals surface area contributed by atoms with Crippen LogP contribution >= 0.6 is 11.3 Å². The van der Waals surface area contributed by atoms with Crippen molar-refractivity contribution >= 4 is 17.2 Å². The highest BCUT2D eigenvalue weighted by Crippen LogP contribution is 2.31. The van der Waals surface area contributed by atoms with Gasteiger partial charge in [-0.05, 0) is 24.2 Å². The van der Waals surface area contributed by atoms with Crippen molar-refractivity contribution in [1.82, 2.24) is 15.1 Å². The van der Waals surface area contributed by atoms with Crippen LogP contribution in [0.2, 0.25) is 0 Å². The van der Waals surface area contributed by atoms with Crippen LogP contribution in [0.25, 0.3) is 0 Å². The van der Waals surface area contributed by atoms with Crippen molar-refractivity contribution in [2.45, 2.75) is 66.2 Å². The van der Waals surface area contributed by atoms with Crippen molar-refractivity contribution in [3.63, 3.8) is 0 Å². The summed E-state index contributed by atoms with van der Waals surface area (Å²) in [4.78, 5) is 14.5. The molecule has 1 aromatic heterocycles. The molecule has 0 spiro atoms. The highest BCUT2D eigenvalue weighted by Gasteiger charge is 2.29. The van der Waals surface area contributed by atoms with Gasteiger partial charge in [-0.25, -0.2) is 0 Å². The molecule has 5 heteroatoms. The van der Waals surface area contributed by atoms with Crippen molar-refractivity contribution in [3.8, 4) is 0 Å². The number of aromatic nitrogens is 2. The van der Waals surface area contributed by atoms with E-state index in [0.29, 0.717) is 18.3 Å². The minimum absolute atomic E-state index is 0.0528. The summed E-state index contributed by atoms with van der Waals surface area (Å²) in [6.45, 7) is 12.5. The Morgan fingerprint density at radius 3 is 2.73 bits per heavy atom. The maximum atomic E-state index is 12.4. The van der Waals surface area contributed by atoms with E-state index in [4.69, 9.17) is 0 Å². The number of amides is 1. The van der Waals surface area contributed by atoms with Crippen LogP contribution in [0.1, 0.15) is 69.8 Å². The fraction of sp³-hybridized carbons (Fsp3) is 0.824. The Balaban J connectivity index is 1.98. The lowest BCUT2D eigenvalue weighted by atomic mass is 9.90. The minimum Gasteiger partial charge on any atom is -0.342 e. The van der Waals surface area contributed by atoms with Crippen LogP contribution in [0.15, 0.2) is 0 Å². The summed E-state index contributed by atoms with van der Waals surface area (Å²) in [5.74, 6) is 1.26. The van der Waals surface area contributed by atoms with Gasteiger partial charge < -0.3 is 4.90 Å². The van der Waals surface area contributed by atoms with Crippen molar-refractivity contribution in [2.24, 2.45) is 11.3 Å². The van der Waals surface area contributed by atoms with Gasteiger partial charge in [0.25, 0.3) is 0 Å². The maximum Gasteiger partial charge on any atom is 0.223 e. The molecule has 2 rings (SSSR count). The zero-order valence-corrected chi connectivity index (χ0v) is 15.4. The highest BCUT2D eigenvalue weighted by atomic mass is 32.1. The smallest absolute Gasteiger partial charge is 0.223 e. The summed E-state index contributed by atoms with van der Waals surface area (Å²) in [5.41, 5.74) is 0.0528. The Morgan fingerprint density at radius 1 is 1.36 bits per heavy atom. The quantitative estimate of drug-likeness (QED) is 0.845. The van der Waals surface area contributed by atoms with Gasteiger partial charge in [0, 0.05) is 31.8 Å². The summed E-state index contributed by atoms with van der Waals surface area (Å²) >= 11 is 1.73. The molecule has 0 N–H and O–H groups in total. The fourth-order valence-electron chi connectivity index (χ4n) is 2.83. The summed E-state index contributed by atoms with van der Waals surface area (Å²) in [6.07, 6.45) is 3.81. The first-order valence-corrected chi connectivity index (χ1v) is 9.16. The van der Waals surface area contributed by atoms with E-state index in [1.54, 1.807) is 11.3 Å². The van der Waals surface area contributed by atoms with E-state index in [2.05, 4.69) is 44.8 Å². The third-order valence-corrected chi connectivity index (χ3v) is 4.98. The Bertz CT molecular complexity index is 504. The molecular formula is C17H29N3OS. The Morgan fingerprint density at radius 2 is 2.09 bits per heavy atom. The number of hydrogen-bond acceptors (Lipinski definition) is 4. The van der Waals surface area contributed by atoms with Crippen molar-refractivity contribution in [1.29, 1.82) is 0 Å². The lowest BCUT2D eigenvalue weighted by Crippen LogP contribution is -2.40. The molecule has 1 atom stereocenters. The lowest BCUT2D eigenvalue weighted by Gasteiger charge is -2.33. The number of nitrogens with zero attached hydrogens (tertiary/aromatic N) is 3. The lowest BCUT2D eigenvalue weighted by molar-refractivity contribution is -0.134. The molecule has 1 aliphatic rings. The SMILES string of the molecule is CC(C)Cc1nnc(C2CCCN(C(=O)CC(C)(C)C)C2)s1. The number of likely N-dealkylation sites (tertiary alicyclic amines) is 1. The average molecular weight is 324 g/mol. The van der Waals surface area contributed by atoms with Crippen LogP contribution in [-0.4, -0.2) is 34.1 Å². The molecule has 1 aromatic rings. The van der Waals surface area contributed by atoms with Gasteiger partial charge in [0.2, 0.25) is 5.91 Å². The normalized spacial score (nSPS) is 19.7. The number of carbonyl (C=O) groups is 1. The van der Waals surface area contributed by atoms with Crippen LogP contribution < -0.4 is 0 Å². The molecule has 1 aliphatic heterocycles. The molecule has 0 radical (unpaired) electrons. The van der Waals surface area contributed by atoms with Crippen LogP contribution in [0.3, 0.4) is 0 Å². The molecule has 0 aliphatic carbocycles. The molecule has 1 unspecified atom stereocenters. The molecule has 1 fully saturated rings. The molecule has 1 saturated heterocycles. The van der Waals surface area contributed by atoms with Gasteiger partial charge in [0.15, 0.2) is 0 Å². The van der Waals surface area contributed by atoms with Gasteiger partial charge in [0.1, 0.15) is 10.0 Å². The van der Waals surface area contributed by atoms with Gasteiger partial charge in [-0.3, -0.25) is 4.79 Å². The van der Waals surface area contributed by atoms with E-state index in [9.17, 15) is 4.79 Å². The molecule has 4 nitrogen and oxygen atoms in total. The second kappa shape index (κ2) is 7.07. The standard InChI is InChI=1S/C17H29N3OS/c1-12(2)9-14-18-19-16(22-14)13-7-6-8-20(11-13)15(21)10-17(3,4)5/h12-13H,6-11H2,1-5H3. The topological polar surface area (TPSA) is 46.1 Å². The van der Waals surface area contributed by atoms with Crippen molar-refractivity contribution in [2.75, 3.05) is 13.1 Å². The van der Waals surface area contributed by atoms with Gasteiger partial charge in [0.05, 0.1) is 0 Å².